The number of likely N-dealkylation sites (N-methyl/N-ethyl adjacent to an activating group) is 1. The minimum atomic E-state index is 0.975. The molecule has 10 heavy (non-hydrogen) atoms. The third kappa shape index (κ3) is 0.847. The van der Waals surface area contributed by atoms with Crippen molar-refractivity contribution < 1.29 is 4.42 Å². The molecule has 2 heteroatoms. The number of hydrogen-bond acceptors (Lipinski definition) is 2. The summed E-state index contributed by atoms with van der Waals surface area (Å²) in [5.74, 6) is 1.15. The van der Waals surface area contributed by atoms with Gasteiger partial charge < -0.3 is 4.42 Å². The molecule has 0 saturated heterocycles. The molecule has 2 rings (SSSR count). The molecular weight excluding hydrogens is 126 g/mol. The lowest BCUT2D eigenvalue weighted by Crippen LogP contribution is -2.25. The van der Waals surface area contributed by atoms with Crippen molar-refractivity contribution >= 4 is 0 Å². The highest BCUT2D eigenvalue weighted by Gasteiger charge is 2.14. The lowest BCUT2D eigenvalue weighted by atomic mass is 10.1. The third-order valence-electron chi connectivity index (χ3n) is 2.01. The summed E-state index contributed by atoms with van der Waals surface area (Å²) in [6.45, 7) is 2.13. The van der Waals surface area contributed by atoms with E-state index in [0.29, 0.717) is 0 Å². The SMILES string of the molecule is CN1CCc2ccoc2C1. The molecule has 0 aliphatic carbocycles. The van der Waals surface area contributed by atoms with Crippen LogP contribution in [0.4, 0.5) is 0 Å². The van der Waals surface area contributed by atoms with Gasteiger partial charge in [0.05, 0.1) is 12.8 Å². The summed E-state index contributed by atoms with van der Waals surface area (Å²) >= 11 is 0. The second-order valence-electron chi connectivity index (χ2n) is 2.86. The molecule has 0 radical (unpaired) electrons. The van der Waals surface area contributed by atoms with Crippen molar-refractivity contribution in [2.75, 3.05) is 13.6 Å². The van der Waals surface area contributed by atoms with Gasteiger partial charge in [0, 0.05) is 6.54 Å². The fourth-order valence-electron chi connectivity index (χ4n) is 1.36. The highest BCUT2D eigenvalue weighted by molar-refractivity contribution is 5.19. The smallest absolute Gasteiger partial charge is 0.120 e. The molecule has 1 aromatic heterocycles. The first-order valence-electron chi connectivity index (χ1n) is 3.60. The molecule has 0 saturated carbocycles. The Hall–Kier alpha value is -0.760. The van der Waals surface area contributed by atoms with Crippen LogP contribution in [-0.4, -0.2) is 18.5 Å². The molecule has 0 amide bonds. The van der Waals surface area contributed by atoms with Gasteiger partial charge in [0.1, 0.15) is 5.76 Å². The van der Waals surface area contributed by atoms with Crippen molar-refractivity contribution in [3.63, 3.8) is 0 Å². The summed E-state index contributed by atoms with van der Waals surface area (Å²) < 4.78 is 5.28. The van der Waals surface area contributed by atoms with E-state index in [2.05, 4.69) is 18.0 Å². The van der Waals surface area contributed by atoms with Gasteiger partial charge >= 0.3 is 0 Å². The van der Waals surface area contributed by atoms with E-state index in [9.17, 15) is 0 Å². The van der Waals surface area contributed by atoms with Crippen LogP contribution in [0.2, 0.25) is 0 Å². The van der Waals surface area contributed by atoms with Crippen molar-refractivity contribution in [1.82, 2.24) is 4.90 Å². The molecule has 1 aliphatic heterocycles. The normalized spacial score (nSPS) is 18.9. The van der Waals surface area contributed by atoms with Crippen LogP contribution >= 0.6 is 0 Å². The zero-order valence-electron chi connectivity index (χ0n) is 6.13. The van der Waals surface area contributed by atoms with Crippen LogP contribution in [0.3, 0.4) is 0 Å². The molecular formula is C8H11NO. The van der Waals surface area contributed by atoms with Crippen LogP contribution in [0, 0.1) is 0 Å². The van der Waals surface area contributed by atoms with Gasteiger partial charge in [0.15, 0.2) is 0 Å². The predicted octanol–water partition coefficient (Wildman–Crippen LogP) is 1.27. The molecule has 2 heterocycles. The average molecular weight is 137 g/mol. The zero-order valence-corrected chi connectivity index (χ0v) is 6.13. The maximum atomic E-state index is 5.28. The van der Waals surface area contributed by atoms with E-state index in [1.165, 1.54) is 5.56 Å². The van der Waals surface area contributed by atoms with Gasteiger partial charge in [-0.1, -0.05) is 0 Å². The monoisotopic (exact) mass is 137 g/mol. The van der Waals surface area contributed by atoms with Crippen molar-refractivity contribution in [2.24, 2.45) is 0 Å². The summed E-state index contributed by atoms with van der Waals surface area (Å²) in [6, 6.07) is 2.07. The van der Waals surface area contributed by atoms with Crippen molar-refractivity contribution in [1.29, 1.82) is 0 Å². The van der Waals surface area contributed by atoms with Gasteiger partial charge in [0.2, 0.25) is 0 Å². The quantitative estimate of drug-likeness (QED) is 0.535. The molecule has 1 aliphatic rings. The maximum Gasteiger partial charge on any atom is 0.120 e. The van der Waals surface area contributed by atoms with E-state index >= 15 is 0 Å². The predicted molar refractivity (Wildman–Crippen MR) is 38.7 cm³/mol. The fourth-order valence-corrected chi connectivity index (χ4v) is 1.36. The fraction of sp³-hybridized carbons (Fsp3) is 0.500. The number of nitrogens with zero attached hydrogens (tertiary/aromatic N) is 1. The van der Waals surface area contributed by atoms with E-state index in [1.807, 2.05) is 0 Å². The average Bonchev–Trinajstić information content (AvgIpc) is 2.33. The molecule has 0 N–H and O–H groups in total. The lowest BCUT2D eigenvalue weighted by molar-refractivity contribution is 0.277. The van der Waals surface area contributed by atoms with E-state index in [0.717, 1.165) is 25.3 Å². The van der Waals surface area contributed by atoms with Crippen LogP contribution in [0.25, 0.3) is 0 Å². The Labute approximate surface area is 60.4 Å². The Morgan fingerprint density at radius 3 is 3.40 bits per heavy atom. The molecule has 1 aromatic rings. The molecule has 0 bridgehead atoms. The molecule has 0 atom stereocenters. The Balaban J connectivity index is 2.30. The standard InChI is InChI=1S/C8H11NO/c1-9-4-2-7-3-5-10-8(7)6-9/h3,5H,2,4,6H2,1H3. The largest absolute Gasteiger partial charge is 0.468 e. The van der Waals surface area contributed by atoms with E-state index in [-0.39, 0.29) is 0 Å². The Morgan fingerprint density at radius 2 is 2.50 bits per heavy atom. The van der Waals surface area contributed by atoms with Gasteiger partial charge in [0.25, 0.3) is 0 Å². The van der Waals surface area contributed by atoms with Crippen LogP contribution < -0.4 is 0 Å². The molecule has 0 spiro atoms. The Bertz CT molecular complexity index is 229. The van der Waals surface area contributed by atoms with Crippen LogP contribution in [0.15, 0.2) is 16.7 Å². The number of rotatable bonds is 0. The highest BCUT2D eigenvalue weighted by Crippen LogP contribution is 2.17. The molecule has 0 unspecified atom stereocenters. The van der Waals surface area contributed by atoms with Gasteiger partial charge in [-0.3, -0.25) is 4.90 Å². The number of hydrogen-bond donors (Lipinski definition) is 0. The van der Waals surface area contributed by atoms with Crippen LogP contribution in [-0.2, 0) is 13.0 Å². The topological polar surface area (TPSA) is 16.4 Å². The molecule has 2 nitrogen and oxygen atoms in total. The van der Waals surface area contributed by atoms with E-state index in [1.54, 1.807) is 6.26 Å². The Kier molecular flexibility index (Phi) is 1.27. The minimum absolute atomic E-state index is 0.975. The van der Waals surface area contributed by atoms with Crippen LogP contribution in [0.5, 0.6) is 0 Å². The van der Waals surface area contributed by atoms with E-state index < -0.39 is 0 Å². The summed E-state index contributed by atoms with van der Waals surface area (Å²) in [5.41, 5.74) is 1.39. The molecule has 0 fully saturated rings. The first-order chi connectivity index (χ1) is 4.86. The van der Waals surface area contributed by atoms with Crippen molar-refractivity contribution in [3.8, 4) is 0 Å². The second kappa shape index (κ2) is 2.13. The highest BCUT2D eigenvalue weighted by atomic mass is 16.3. The van der Waals surface area contributed by atoms with Crippen LogP contribution in [0.1, 0.15) is 11.3 Å². The molecule has 0 aromatic carbocycles. The van der Waals surface area contributed by atoms with Crippen molar-refractivity contribution in [3.05, 3.63) is 23.7 Å². The van der Waals surface area contributed by atoms with E-state index in [4.69, 9.17) is 4.42 Å². The van der Waals surface area contributed by atoms with Gasteiger partial charge in [-0.05, 0) is 25.1 Å². The lowest BCUT2D eigenvalue weighted by Gasteiger charge is -2.20. The minimum Gasteiger partial charge on any atom is -0.468 e. The Morgan fingerprint density at radius 1 is 1.60 bits per heavy atom. The zero-order chi connectivity index (χ0) is 6.97. The first-order valence-corrected chi connectivity index (χ1v) is 3.60. The van der Waals surface area contributed by atoms with Gasteiger partial charge in [-0.15, -0.1) is 0 Å². The summed E-state index contributed by atoms with van der Waals surface area (Å²) in [6.07, 6.45) is 2.92. The van der Waals surface area contributed by atoms with Gasteiger partial charge in [-0.25, -0.2) is 0 Å². The third-order valence-corrected chi connectivity index (χ3v) is 2.01. The number of furan rings is 1. The van der Waals surface area contributed by atoms with Gasteiger partial charge in [-0.2, -0.15) is 0 Å². The molecule has 54 valence electrons. The summed E-state index contributed by atoms with van der Waals surface area (Å²) in [4.78, 5) is 2.27. The summed E-state index contributed by atoms with van der Waals surface area (Å²) in [7, 11) is 2.12. The first kappa shape index (κ1) is 5.98. The maximum absolute atomic E-state index is 5.28. The van der Waals surface area contributed by atoms with Crippen molar-refractivity contribution in [2.45, 2.75) is 13.0 Å². The second-order valence-corrected chi connectivity index (χ2v) is 2.86. The number of fused-ring (bicyclic) bond motifs is 1. The summed E-state index contributed by atoms with van der Waals surface area (Å²) in [5, 5.41) is 0.